The summed E-state index contributed by atoms with van der Waals surface area (Å²) in [5, 5.41) is 2.51. The fraction of sp³-hybridized carbons (Fsp3) is 0.467. The fourth-order valence-electron chi connectivity index (χ4n) is 2.41. The van der Waals surface area contributed by atoms with Crippen LogP contribution in [0.2, 0.25) is 0 Å². The number of nitrogens with one attached hydrogen (secondary N) is 1. The first-order valence-corrected chi connectivity index (χ1v) is 7.18. The van der Waals surface area contributed by atoms with Gasteiger partial charge in [-0.2, -0.15) is 0 Å². The maximum atomic E-state index is 13.1. The van der Waals surface area contributed by atoms with Crippen molar-refractivity contribution in [2.24, 2.45) is 5.92 Å². The van der Waals surface area contributed by atoms with Gasteiger partial charge < -0.3 is 15.0 Å². The van der Waals surface area contributed by atoms with Crippen molar-refractivity contribution in [2.75, 3.05) is 25.0 Å². The number of amides is 2. The van der Waals surface area contributed by atoms with E-state index in [9.17, 15) is 18.4 Å². The minimum absolute atomic E-state index is 0.0929. The molecule has 1 heterocycles. The largest absolute Gasteiger partial charge is 0.450 e. The van der Waals surface area contributed by atoms with Crippen molar-refractivity contribution < 1.29 is 23.1 Å². The lowest BCUT2D eigenvalue weighted by Gasteiger charge is -2.30. The van der Waals surface area contributed by atoms with Crippen LogP contribution in [0, 0.1) is 17.6 Å². The molecule has 0 aromatic heterocycles. The lowest BCUT2D eigenvalue weighted by Crippen LogP contribution is -2.41. The molecule has 0 unspecified atom stereocenters. The minimum atomic E-state index is -0.743. The van der Waals surface area contributed by atoms with Crippen molar-refractivity contribution in [3.8, 4) is 0 Å². The van der Waals surface area contributed by atoms with E-state index in [0.717, 1.165) is 18.2 Å². The van der Waals surface area contributed by atoms with Crippen molar-refractivity contribution in [2.45, 2.75) is 19.8 Å². The first kappa shape index (κ1) is 16.2. The van der Waals surface area contributed by atoms with Crippen LogP contribution in [0.25, 0.3) is 0 Å². The molecule has 2 rings (SSSR count). The maximum Gasteiger partial charge on any atom is 0.409 e. The maximum absolute atomic E-state index is 13.1. The third-order valence-corrected chi connectivity index (χ3v) is 3.52. The predicted octanol–water partition coefficient (Wildman–Crippen LogP) is 2.77. The quantitative estimate of drug-likeness (QED) is 0.933. The molecule has 0 saturated carbocycles. The molecule has 0 aliphatic carbocycles. The summed E-state index contributed by atoms with van der Waals surface area (Å²) < 4.78 is 31.1. The predicted molar refractivity (Wildman–Crippen MR) is 76.3 cm³/mol. The molecule has 1 N–H and O–H groups in total. The van der Waals surface area contributed by atoms with Crippen LogP contribution in [0.15, 0.2) is 18.2 Å². The zero-order valence-corrected chi connectivity index (χ0v) is 12.3. The summed E-state index contributed by atoms with van der Waals surface area (Å²) in [4.78, 5) is 25.2. The van der Waals surface area contributed by atoms with Gasteiger partial charge in [0.2, 0.25) is 5.91 Å². The van der Waals surface area contributed by atoms with Crippen molar-refractivity contribution in [3.05, 3.63) is 29.8 Å². The number of benzene rings is 1. The van der Waals surface area contributed by atoms with Crippen molar-refractivity contribution in [3.63, 3.8) is 0 Å². The van der Waals surface area contributed by atoms with E-state index in [1.54, 1.807) is 11.8 Å². The van der Waals surface area contributed by atoms with E-state index < -0.39 is 11.6 Å². The molecule has 1 aliphatic heterocycles. The van der Waals surface area contributed by atoms with Crippen molar-refractivity contribution >= 4 is 17.7 Å². The second-order valence-electron chi connectivity index (χ2n) is 5.11. The molecule has 1 aromatic carbocycles. The first-order valence-electron chi connectivity index (χ1n) is 7.18. The number of piperidine rings is 1. The van der Waals surface area contributed by atoms with E-state index in [1.165, 1.54) is 0 Å². The third-order valence-electron chi connectivity index (χ3n) is 3.52. The van der Waals surface area contributed by atoms with Crippen LogP contribution in [-0.2, 0) is 9.53 Å². The zero-order valence-electron chi connectivity index (χ0n) is 12.3. The molecule has 0 radical (unpaired) electrons. The molecule has 1 aliphatic rings. The Morgan fingerprint density at radius 3 is 2.36 bits per heavy atom. The highest BCUT2D eigenvalue weighted by Crippen LogP contribution is 2.21. The molecule has 22 heavy (non-hydrogen) atoms. The van der Waals surface area contributed by atoms with Gasteiger partial charge >= 0.3 is 6.09 Å². The Morgan fingerprint density at radius 2 is 1.82 bits per heavy atom. The fourth-order valence-corrected chi connectivity index (χ4v) is 2.41. The molecule has 1 fully saturated rings. The van der Waals surface area contributed by atoms with Gasteiger partial charge in [-0.25, -0.2) is 13.6 Å². The summed E-state index contributed by atoms with van der Waals surface area (Å²) in [6, 6.07) is 2.87. The number of carbonyl (C=O) groups excluding carboxylic acids is 2. The van der Waals surface area contributed by atoms with Crippen LogP contribution in [0.1, 0.15) is 19.8 Å². The van der Waals surface area contributed by atoms with Gasteiger partial charge in [-0.05, 0) is 31.9 Å². The van der Waals surface area contributed by atoms with E-state index in [2.05, 4.69) is 5.32 Å². The minimum Gasteiger partial charge on any atom is -0.450 e. The second-order valence-corrected chi connectivity index (χ2v) is 5.11. The summed E-state index contributed by atoms with van der Waals surface area (Å²) in [5.41, 5.74) is 0.0929. The molecule has 0 spiro atoms. The SMILES string of the molecule is CCOC(=O)N1CCC(C(=O)Nc2cc(F)cc(F)c2)CC1. The van der Waals surface area contributed by atoms with Gasteiger partial charge in [-0.1, -0.05) is 0 Å². The van der Waals surface area contributed by atoms with E-state index in [4.69, 9.17) is 4.74 Å². The molecule has 1 aromatic rings. The van der Waals surface area contributed by atoms with E-state index in [0.29, 0.717) is 32.5 Å². The van der Waals surface area contributed by atoms with E-state index in [1.807, 2.05) is 0 Å². The normalized spacial score (nSPS) is 15.5. The monoisotopic (exact) mass is 312 g/mol. The number of anilines is 1. The third kappa shape index (κ3) is 4.16. The summed E-state index contributed by atoms with van der Waals surface area (Å²) in [7, 11) is 0. The highest BCUT2D eigenvalue weighted by molar-refractivity contribution is 5.92. The van der Waals surface area contributed by atoms with Gasteiger partial charge in [0, 0.05) is 30.8 Å². The lowest BCUT2D eigenvalue weighted by molar-refractivity contribution is -0.121. The van der Waals surface area contributed by atoms with Crippen LogP contribution >= 0.6 is 0 Å². The van der Waals surface area contributed by atoms with Gasteiger partial charge in [0.15, 0.2) is 0 Å². The summed E-state index contributed by atoms with van der Waals surface area (Å²) in [5.74, 6) is -2.08. The van der Waals surface area contributed by atoms with E-state index in [-0.39, 0.29) is 23.6 Å². The molecule has 120 valence electrons. The number of hydrogen-bond donors (Lipinski definition) is 1. The van der Waals surface area contributed by atoms with E-state index >= 15 is 0 Å². The topological polar surface area (TPSA) is 58.6 Å². The number of rotatable bonds is 3. The van der Waals surface area contributed by atoms with Crippen LogP contribution in [0.4, 0.5) is 19.3 Å². The Bertz CT molecular complexity index is 537. The molecule has 2 amide bonds. The van der Waals surface area contributed by atoms with Crippen LogP contribution in [0.3, 0.4) is 0 Å². The molecular formula is C15H18F2N2O3. The summed E-state index contributed by atoms with van der Waals surface area (Å²) in [6.07, 6.45) is 0.596. The van der Waals surface area contributed by atoms with Gasteiger partial charge in [0.05, 0.1) is 6.61 Å². The molecule has 5 nitrogen and oxygen atoms in total. The highest BCUT2D eigenvalue weighted by atomic mass is 19.1. The second kappa shape index (κ2) is 7.20. The lowest BCUT2D eigenvalue weighted by atomic mass is 9.96. The molecule has 7 heteroatoms. The number of ether oxygens (including phenoxy) is 1. The smallest absolute Gasteiger partial charge is 0.409 e. The number of likely N-dealkylation sites (tertiary alicyclic amines) is 1. The summed E-state index contributed by atoms with van der Waals surface area (Å²) in [6.45, 7) is 2.89. The zero-order chi connectivity index (χ0) is 16.1. The van der Waals surface area contributed by atoms with Gasteiger partial charge in [0.1, 0.15) is 11.6 Å². The molecular weight excluding hydrogens is 294 g/mol. The number of hydrogen-bond acceptors (Lipinski definition) is 3. The average molecular weight is 312 g/mol. The van der Waals surface area contributed by atoms with Gasteiger partial charge in [-0.3, -0.25) is 4.79 Å². The first-order chi connectivity index (χ1) is 10.5. The van der Waals surface area contributed by atoms with Crippen LogP contribution in [0.5, 0.6) is 0 Å². The van der Waals surface area contributed by atoms with Crippen molar-refractivity contribution in [1.29, 1.82) is 0 Å². The Balaban J connectivity index is 1.88. The number of halogens is 2. The molecule has 0 bridgehead atoms. The van der Waals surface area contributed by atoms with Crippen LogP contribution in [-0.4, -0.2) is 36.6 Å². The number of carbonyl (C=O) groups is 2. The summed E-state index contributed by atoms with van der Waals surface area (Å²) >= 11 is 0. The Hall–Kier alpha value is -2.18. The Labute approximate surface area is 127 Å². The Kier molecular flexibility index (Phi) is 5.30. The molecule has 0 atom stereocenters. The van der Waals surface area contributed by atoms with Crippen molar-refractivity contribution in [1.82, 2.24) is 4.90 Å². The number of nitrogens with zero attached hydrogens (tertiary/aromatic N) is 1. The average Bonchev–Trinajstić information content (AvgIpc) is 2.46. The van der Waals surface area contributed by atoms with Gasteiger partial charge in [0.25, 0.3) is 0 Å². The highest BCUT2D eigenvalue weighted by Gasteiger charge is 2.28. The Morgan fingerprint density at radius 1 is 1.23 bits per heavy atom. The standard InChI is InChI=1S/C15H18F2N2O3/c1-2-22-15(21)19-5-3-10(4-6-19)14(20)18-13-8-11(16)7-12(17)9-13/h7-10H,2-6H2,1H3,(H,18,20). The van der Waals surface area contributed by atoms with Crippen LogP contribution < -0.4 is 5.32 Å². The van der Waals surface area contributed by atoms with Gasteiger partial charge in [-0.15, -0.1) is 0 Å². The molecule has 1 saturated heterocycles.